The van der Waals surface area contributed by atoms with Crippen molar-refractivity contribution in [3.05, 3.63) is 102 Å². The zero-order valence-electron chi connectivity index (χ0n) is 13.7. The highest BCUT2D eigenvalue weighted by molar-refractivity contribution is 7.81. The van der Waals surface area contributed by atoms with Crippen molar-refractivity contribution in [2.24, 2.45) is 0 Å². The Hall–Kier alpha value is -1.91. The van der Waals surface area contributed by atoms with Gasteiger partial charge in [0.25, 0.3) is 0 Å². The van der Waals surface area contributed by atoms with E-state index >= 15 is 0 Å². The fourth-order valence-electron chi connectivity index (χ4n) is 3.25. The van der Waals surface area contributed by atoms with Crippen molar-refractivity contribution in [1.29, 1.82) is 0 Å². The first-order chi connectivity index (χ1) is 11.3. The molecular formula is C22H24P+. The normalized spacial score (nSPS) is 11.3. The van der Waals surface area contributed by atoms with Crippen LogP contribution in [0, 0.1) is 0 Å². The van der Waals surface area contributed by atoms with Crippen LogP contribution < -0.4 is 5.30 Å². The minimum absolute atomic E-state index is 1.18. The Kier molecular flexibility index (Phi) is 5.26. The van der Waals surface area contributed by atoms with Crippen molar-refractivity contribution in [2.75, 3.05) is 6.16 Å². The van der Waals surface area contributed by atoms with E-state index in [9.17, 15) is 0 Å². The molecule has 0 aliphatic carbocycles. The average molecular weight is 319 g/mol. The van der Waals surface area contributed by atoms with Gasteiger partial charge in [0.15, 0.2) is 0 Å². The van der Waals surface area contributed by atoms with E-state index in [0.29, 0.717) is 0 Å². The smallest absolute Gasteiger partial charge is 0.0622 e. The van der Waals surface area contributed by atoms with Crippen LogP contribution in [-0.2, 0) is 12.3 Å². The molecule has 3 rings (SSSR count). The Morgan fingerprint density at radius 1 is 0.565 bits per heavy atom. The molecule has 23 heavy (non-hydrogen) atoms. The predicted octanol–water partition coefficient (Wildman–Crippen LogP) is 5.75. The van der Waals surface area contributed by atoms with Crippen molar-refractivity contribution < 1.29 is 0 Å². The van der Waals surface area contributed by atoms with Crippen LogP contribution in [0.2, 0.25) is 0 Å². The Morgan fingerprint density at radius 3 is 1.35 bits per heavy atom. The van der Waals surface area contributed by atoms with Crippen LogP contribution in [0.1, 0.15) is 18.1 Å². The summed E-state index contributed by atoms with van der Waals surface area (Å²) in [7, 11) is -1.27. The number of hydrogen-bond donors (Lipinski definition) is 0. The van der Waals surface area contributed by atoms with E-state index in [1.165, 1.54) is 29.6 Å². The van der Waals surface area contributed by atoms with Crippen molar-refractivity contribution in [3.8, 4) is 0 Å². The molecule has 0 aliphatic rings. The molecule has 116 valence electrons. The highest BCUT2D eigenvalue weighted by Crippen LogP contribution is 2.62. The van der Waals surface area contributed by atoms with Crippen molar-refractivity contribution in [1.82, 2.24) is 0 Å². The zero-order chi connectivity index (χ0) is 16.0. The van der Waals surface area contributed by atoms with Gasteiger partial charge in [0.05, 0.1) is 31.1 Å². The molecule has 0 unspecified atom stereocenters. The predicted molar refractivity (Wildman–Crippen MR) is 104 cm³/mol. The lowest BCUT2D eigenvalue weighted by Crippen LogP contribution is -2.17. The molecule has 1 heteroatoms. The Morgan fingerprint density at radius 2 is 0.957 bits per heavy atom. The van der Waals surface area contributed by atoms with E-state index in [1.54, 1.807) is 5.30 Å². The lowest BCUT2D eigenvalue weighted by molar-refractivity contribution is 1.26. The third kappa shape index (κ3) is 3.89. The summed E-state index contributed by atoms with van der Waals surface area (Å²) in [5.41, 5.74) is 2.92. The molecule has 0 fully saturated rings. The average Bonchev–Trinajstić information content (AvgIpc) is 2.63. The third-order valence-corrected chi connectivity index (χ3v) is 9.11. The van der Waals surface area contributed by atoms with E-state index in [1.807, 2.05) is 0 Å². The molecule has 0 amide bonds. The van der Waals surface area contributed by atoms with Gasteiger partial charge in [0, 0.05) is 0 Å². The molecule has 0 atom stereocenters. The van der Waals surface area contributed by atoms with Crippen molar-refractivity contribution >= 4 is 12.6 Å². The third-order valence-electron chi connectivity index (χ3n) is 4.57. The summed E-state index contributed by atoms with van der Waals surface area (Å²) in [6.45, 7) is 2.37. The maximum atomic E-state index is 2.37. The fourth-order valence-corrected chi connectivity index (χ4v) is 7.17. The molecule has 3 aromatic carbocycles. The number of hydrogen-bond acceptors (Lipinski definition) is 0. The Balaban J connectivity index is 2.00. The van der Waals surface area contributed by atoms with E-state index in [2.05, 4.69) is 97.9 Å². The summed E-state index contributed by atoms with van der Waals surface area (Å²) in [5.74, 6) is 0. The van der Waals surface area contributed by atoms with Gasteiger partial charge in [-0.1, -0.05) is 78.9 Å². The Labute approximate surface area is 140 Å². The van der Waals surface area contributed by atoms with Gasteiger partial charge in [0.2, 0.25) is 0 Å². The molecule has 0 bridgehead atoms. The summed E-state index contributed by atoms with van der Waals surface area (Å²) < 4.78 is 0. The standard InChI is InChI=1S/C22H24P/c1-2-23(22-16-10-5-11-17-22,18-20-12-6-3-7-13-20)19-21-14-8-4-9-15-21/h3-17H,2,18-19H2,1H3/q+1. The molecule has 0 nitrogen and oxygen atoms in total. The quantitative estimate of drug-likeness (QED) is 0.507. The molecule has 0 N–H and O–H groups in total. The lowest BCUT2D eigenvalue weighted by Gasteiger charge is -2.27. The second kappa shape index (κ2) is 7.57. The lowest BCUT2D eigenvalue weighted by atomic mass is 10.2. The molecule has 0 saturated carbocycles. The van der Waals surface area contributed by atoms with Crippen LogP contribution >= 0.6 is 7.26 Å². The van der Waals surface area contributed by atoms with Gasteiger partial charge < -0.3 is 0 Å². The molecule has 3 aromatic rings. The van der Waals surface area contributed by atoms with Crippen molar-refractivity contribution in [3.63, 3.8) is 0 Å². The largest absolute Gasteiger partial charge is 0.0946 e. The summed E-state index contributed by atoms with van der Waals surface area (Å²) >= 11 is 0. The van der Waals surface area contributed by atoms with Crippen LogP contribution in [0.15, 0.2) is 91.0 Å². The van der Waals surface area contributed by atoms with Gasteiger partial charge in [0.1, 0.15) is 0 Å². The minimum Gasteiger partial charge on any atom is -0.0622 e. The molecule has 0 heterocycles. The van der Waals surface area contributed by atoms with Crippen LogP contribution in [0.5, 0.6) is 0 Å². The van der Waals surface area contributed by atoms with Crippen LogP contribution in [-0.4, -0.2) is 6.16 Å². The van der Waals surface area contributed by atoms with Gasteiger partial charge in [-0.2, -0.15) is 0 Å². The Bertz CT molecular complexity index is 663. The summed E-state index contributed by atoms with van der Waals surface area (Å²) in [6.07, 6.45) is 3.60. The molecule has 0 aromatic heterocycles. The fraction of sp³-hybridized carbons (Fsp3) is 0.182. The minimum atomic E-state index is -1.27. The zero-order valence-corrected chi connectivity index (χ0v) is 14.6. The van der Waals surface area contributed by atoms with E-state index < -0.39 is 7.26 Å². The van der Waals surface area contributed by atoms with E-state index in [4.69, 9.17) is 0 Å². The first kappa shape index (κ1) is 16.0. The topological polar surface area (TPSA) is 0 Å². The summed E-state index contributed by atoms with van der Waals surface area (Å²) in [6, 6.07) is 33.1. The van der Waals surface area contributed by atoms with Gasteiger partial charge in [-0.3, -0.25) is 0 Å². The maximum absolute atomic E-state index is 2.37. The van der Waals surface area contributed by atoms with Crippen LogP contribution in [0.3, 0.4) is 0 Å². The van der Waals surface area contributed by atoms with Gasteiger partial charge >= 0.3 is 0 Å². The van der Waals surface area contributed by atoms with E-state index in [-0.39, 0.29) is 0 Å². The SMILES string of the molecule is CC[P+](Cc1ccccc1)(Cc1ccccc1)c1ccccc1. The van der Waals surface area contributed by atoms with Crippen LogP contribution in [0.4, 0.5) is 0 Å². The highest BCUT2D eigenvalue weighted by Gasteiger charge is 2.38. The van der Waals surface area contributed by atoms with Gasteiger partial charge in [-0.05, 0) is 30.2 Å². The molecule has 0 aliphatic heterocycles. The van der Waals surface area contributed by atoms with Gasteiger partial charge in [-0.25, -0.2) is 0 Å². The monoisotopic (exact) mass is 319 g/mol. The first-order valence-electron chi connectivity index (χ1n) is 8.32. The van der Waals surface area contributed by atoms with Crippen molar-refractivity contribution in [2.45, 2.75) is 19.2 Å². The van der Waals surface area contributed by atoms with Crippen LogP contribution in [0.25, 0.3) is 0 Å². The summed E-state index contributed by atoms with van der Waals surface area (Å²) in [4.78, 5) is 0. The summed E-state index contributed by atoms with van der Waals surface area (Å²) in [5, 5.41) is 1.55. The first-order valence-corrected chi connectivity index (χ1v) is 10.7. The van der Waals surface area contributed by atoms with E-state index in [0.717, 1.165) is 0 Å². The number of rotatable bonds is 6. The maximum Gasteiger partial charge on any atom is 0.0946 e. The molecular weight excluding hydrogens is 295 g/mol. The molecule has 0 radical (unpaired) electrons. The van der Waals surface area contributed by atoms with Gasteiger partial charge in [-0.15, -0.1) is 0 Å². The highest BCUT2D eigenvalue weighted by atomic mass is 31.2. The molecule has 0 saturated heterocycles. The number of benzene rings is 3. The second-order valence-electron chi connectivity index (χ2n) is 6.08. The molecule has 0 spiro atoms. The second-order valence-corrected chi connectivity index (χ2v) is 10.2.